The van der Waals surface area contributed by atoms with Crippen LogP contribution in [-0.4, -0.2) is 29.1 Å². The summed E-state index contributed by atoms with van der Waals surface area (Å²) in [5.74, 6) is 0.598. The summed E-state index contributed by atoms with van der Waals surface area (Å²) in [6, 6.07) is 1.55. The van der Waals surface area contributed by atoms with Gasteiger partial charge in [0.1, 0.15) is 5.82 Å². The zero-order valence-electron chi connectivity index (χ0n) is 11.9. The summed E-state index contributed by atoms with van der Waals surface area (Å²) in [5, 5.41) is 9.28. The highest BCUT2D eigenvalue weighted by Gasteiger charge is 2.16. The van der Waals surface area contributed by atoms with Gasteiger partial charge in [-0.15, -0.1) is 0 Å². The molecule has 106 valence electrons. The van der Waals surface area contributed by atoms with Crippen molar-refractivity contribution in [3.8, 4) is 0 Å². The van der Waals surface area contributed by atoms with Gasteiger partial charge in [-0.25, -0.2) is 9.78 Å². The Morgan fingerprint density at radius 1 is 1.32 bits per heavy atom. The van der Waals surface area contributed by atoms with Crippen LogP contribution < -0.4 is 4.90 Å². The number of carboxylic acids is 1. The van der Waals surface area contributed by atoms with E-state index in [4.69, 9.17) is 16.7 Å². The van der Waals surface area contributed by atoms with Gasteiger partial charge in [-0.1, -0.05) is 39.3 Å². The topological polar surface area (TPSA) is 53.4 Å². The minimum Gasteiger partial charge on any atom is -0.478 e. The molecule has 0 bridgehead atoms. The van der Waals surface area contributed by atoms with Gasteiger partial charge >= 0.3 is 5.97 Å². The quantitative estimate of drug-likeness (QED) is 0.868. The average Bonchev–Trinajstić information content (AvgIpc) is 2.27. The summed E-state index contributed by atoms with van der Waals surface area (Å²) < 4.78 is 0. The number of pyridine rings is 1. The SMILES string of the molecule is CC(C)CN(CC(C)C)c1cc(C(=O)O)c(Cl)cn1. The van der Waals surface area contributed by atoms with Gasteiger partial charge in [0.25, 0.3) is 0 Å². The smallest absolute Gasteiger partial charge is 0.337 e. The van der Waals surface area contributed by atoms with E-state index in [1.54, 1.807) is 6.07 Å². The van der Waals surface area contributed by atoms with Gasteiger partial charge in [-0.2, -0.15) is 0 Å². The second kappa shape index (κ2) is 6.75. The maximum Gasteiger partial charge on any atom is 0.337 e. The molecule has 1 aromatic heterocycles. The molecule has 0 atom stereocenters. The predicted octanol–water partition coefficient (Wildman–Crippen LogP) is 3.55. The van der Waals surface area contributed by atoms with E-state index in [-0.39, 0.29) is 10.6 Å². The Bertz CT molecular complexity index is 437. The molecule has 0 aliphatic heterocycles. The van der Waals surface area contributed by atoms with Crippen LogP contribution >= 0.6 is 11.6 Å². The van der Waals surface area contributed by atoms with Crippen molar-refractivity contribution in [2.75, 3.05) is 18.0 Å². The summed E-state index contributed by atoms with van der Waals surface area (Å²) in [5.41, 5.74) is 0.101. The number of carboxylic acid groups (broad SMARTS) is 1. The normalized spacial score (nSPS) is 11.1. The molecule has 1 rings (SSSR count). The van der Waals surface area contributed by atoms with Crippen LogP contribution in [0.2, 0.25) is 5.02 Å². The van der Waals surface area contributed by atoms with Crippen molar-refractivity contribution in [1.82, 2.24) is 4.98 Å². The third kappa shape index (κ3) is 4.71. The Kier molecular flexibility index (Phi) is 5.60. The van der Waals surface area contributed by atoms with Gasteiger partial charge in [0.15, 0.2) is 0 Å². The largest absolute Gasteiger partial charge is 0.478 e. The fourth-order valence-electron chi connectivity index (χ4n) is 1.91. The maximum atomic E-state index is 11.1. The van der Waals surface area contributed by atoms with Crippen LogP contribution in [0.4, 0.5) is 5.82 Å². The Labute approximate surface area is 119 Å². The molecule has 0 fully saturated rings. The number of nitrogens with zero attached hydrogens (tertiary/aromatic N) is 2. The number of hydrogen-bond acceptors (Lipinski definition) is 3. The highest BCUT2D eigenvalue weighted by molar-refractivity contribution is 6.33. The Morgan fingerprint density at radius 2 is 1.84 bits per heavy atom. The summed E-state index contributed by atoms with van der Waals surface area (Å²) >= 11 is 5.85. The number of halogens is 1. The molecule has 0 aromatic carbocycles. The van der Waals surface area contributed by atoms with Crippen LogP contribution in [0.3, 0.4) is 0 Å². The number of aromatic nitrogens is 1. The molecule has 0 aliphatic rings. The highest BCUT2D eigenvalue weighted by atomic mass is 35.5. The van der Waals surface area contributed by atoms with Gasteiger partial charge in [0.05, 0.1) is 10.6 Å². The standard InChI is InChI=1S/C14H21ClN2O2/c1-9(2)7-17(8-10(3)4)13-5-11(14(18)19)12(15)6-16-13/h5-6,9-10H,7-8H2,1-4H3,(H,18,19). The minimum atomic E-state index is -1.03. The zero-order valence-corrected chi connectivity index (χ0v) is 12.6. The Hall–Kier alpha value is -1.29. The zero-order chi connectivity index (χ0) is 14.6. The van der Waals surface area contributed by atoms with Crippen molar-refractivity contribution < 1.29 is 9.90 Å². The first-order chi connectivity index (χ1) is 8.81. The van der Waals surface area contributed by atoms with E-state index in [9.17, 15) is 4.79 Å². The van der Waals surface area contributed by atoms with Gasteiger partial charge in [-0.05, 0) is 17.9 Å². The van der Waals surface area contributed by atoms with Crippen molar-refractivity contribution in [2.45, 2.75) is 27.7 Å². The van der Waals surface area contributed by atoms with Crippen molar-refractivity contribution >= 4 is 23.4 Å². The first-order valence-electron chi connectivity index (χ1n) is 6.45. The lowest BCUT2D eigenvalue weighted by atomic mass is 10.1. The maximum absolute atomic E-state index is 11.1. The number of hydrogen-bond donors (Lipinski definition) is 1. The lowest BCUT2D eigenvalue weighted by Crippen LogP contribution is -2.32. The van der Waals surface area contributed by atoms with Crippen molar-refractivity contribution in [3.05, 3.63) is 22.8 Å². The van der Waals surface area contributed by atoms with Gasteiger partial charge in [-0.3, -0.25) is 0 Å². The summed E-state index contributed by atoms with van der Waals surface area (Å²) in [6.07, 6.45) is 1.41. The van der Waals surface area contributed by atoms with Gasteiger partial charge in [0, 0.05) is 19.3 Å². The van der Waals surface area contributed by atoms with Crippen LogP contribution in [0.15, 0.2) is 12.3 Å². The van der Waals surface area contributed by atoms with E-state index >= 15 is 0 Å². The second-order valence-corrected chi connectivity index (χ2v) is 5.93. The Morgan fingerprint density at radius 3 is 2.26 bits per heavy atom. The van der Waals surface area contributed by atoms with Crippen LogP contribution in [0, 0.1) is 11.8 Å². The van der Waals surface area contributed by atoms with Crippen LogP contribution in [0.5, 0.6) is 0 Å². The van der Waals surface area contributed by atoms with E-state index in [1.165, 1.54) is 6.20 Å². The number of aromatic carboxylic acids is 1. The molecular formula is C14H21ClN2O2. The van der Waals surface area contributed by atoms with Crippen LogP contribution in [0.1, 0.15) is 38.1 Å². The molecule has 1 N–H and O–H groups in total. The lowest BCUT2D eigenvalue weighted by Gasteiger charge is -2.27. The molecular weight excluding hydrogens is 264 g/mol. The molecule has 5 heteroatoms. The van der Waals surface area contributed by atoms with E-state index < -0.39 is 5.97 Å². The molecule has 19 heavy (non-hydrogen) atoms. The van der Waals surface area contributed by atoms with Crippen LogP contribution in [-0.2, 0) is 0 Å². The van der Waals surface area contributed by atoms with E-state index in [0.717, 1.165) is 13.1 Å². The van der Waals surface area contributed by atoms with Crippen LogP contribution in [0.25, 0.3) is 0 Å². The Balaban J connectivity index is 3.07. The molecule has 0 aliphatic carbocycles. The average molecular weight is 285 g/mol. The third-order valence-electron chi connectivity index (χ3n) is 2.57. The predicted molar refractivity (Wildman–Crippen MR) is 78.1 cm³/mol. The molecule has 0 saturated heterocycles. The third-order valence-corrected chi connectivity index (χ3v) is 2.87. The fraction of sp³-hybridized carbons (Fsp3) is 0.571. The fourth-order valence-corrected chi connectivity index (χ4v) is 2.09. The highest BCUT2D eigenvalue weighted by Crippen LogP contribution is 2.22. The van der Waals surface area contributed by atoms with Crippen molar-refractivity contribution in [1.29, 1.82) is 0 Å². The van der Waals surface area contributed by atoms with Gasteiger partial charge < -0.3 is 10.0 Å². The van der Waals surface area contributed by atoms with Crippen molar-refractivity contribution in [3.63, 3.8) is 0 Å². The molecule has 1 heterocycles. The summed E-state index contributed by atoms with van der Waals surface area (Å²) in [7, 11) is 0. The van der Waals surface area contributed by atoms with Crippen molar-refractivity contribution in [2.24, 2.45) is 11.8 Å². The second-order valence-electron chi connectivity index (χ2n) is 5.52. The minimum absolute atomic E-state index is 0.101. The molecule has 1 aromatic rings. The molecule has 0 spiro atoms. The summed E-state index contributed by atoms with van der Waals surface area (Å²) in [4.78, 5) is 17.5. The number of anilines is 1. The van der Waals surface area contributed by atoms with E-state index in [0.29, 0.717) is 17.7 Å². The first-order valence-corrected chi connectivity index (χ1v) is 6.82. The van der Waals surface area contributed by atoms with E-state index in [1.807, 2.05) is 0 Å². The number of carbonyl (C=O) groups is 1. The molecule has 0 unspecified atom stereocenters. The summed E-state index contributed by atoms with van der Waals surface area (Å²) in [6.45, 7) is 10.2. The molecule has 0 radical (unpaired) electrons. The number of rotatable bonds is 6. The van der Waals surface area contributed by atoms with Gasteiger partial charge in [0.2, 0.25) is 0 Å². The van der Waals surface area contributed by atoms with E-state index in [2.05, 4.69) is 37.6 Å². The monoisotopic (exact) mass is 284 g/mol. The lowest BCUT2D eigenvalue weighted by molar-refractivity contribution is 0.0697. The molecule has 4 nitrogen and oxygen atoms in total. The first kappa shape index (κ1) is 15.8. The molecule has 0 amide bonds. The molecule has 0 saturated carbocycles.